The van der Waals surface area contributed by atoms with Crippen LogP contribution in [0, 0.1) is 0 Å². The van der Waals surface area contributed by atoms with Crippen molar-refractivity contribution in [1.29, 1.82) is 0 Å². The zero-order chi connectivity index (χ0) is 10.7. The quantitative estimate of drug-likeness (QED) is 0.891. The van der Waals surface area contributed by atoms with Crippen LogP contribution in [0.4, 0.5) is 0 Å². The molecule has 5 heteroatoms. The van der Waals surface area contributed by atoms with Gasteiger partial charge in [-0.25, -0.2) is 0 Å². The molecule has 2 rings (SSSR count). The third-order valence-electron chi connectivity index (χ3n) is 2.09. The summed E-state index contributed by atoms with van der Waals surface area (Å²) in [5.74, 6) is 0. The van der Waals surface area contributed by atoms with Crippen molar-refractivity contribution >= 4 is 22.7 Å². The summed E-state index contributed by atoms with van der Waals surface area (Å²) < 4.78 is 0. The largest absolute Gasteiger partial charge is 0.308 e. The van der Waals surface area contributed by atoms with E-state index in [-0.39, 0.29) is 0 Å². The van der Waals surface area contributed by atoms with Gasteiger partial charge in [-0.05, 0) is 24.9 Å². The maximum atomic E-state index is 4.20. The topological polar surface area (TPSA) is 37.8 Å². The Labute approximate surface area is 97.2 Å². The van der Waals surface area contributed by atoms with Gasteiger partial charge in [-0.1, -0.05) is 18.3 Å². The van der Waals surface area contributed by atoms with E-state index in [4.69, 9.17) is 0 Å². The summed E-state index contributed by atoms with van der Waals surface area (Å²) in [6.45, 7) is 5.16. The zero-order valence-corrected chi connectivity index (χ0v) is 10.4. The third kappa shape index (κ3) is 2.42. The molecule has 80 valence electrons. The molecule has 1 N–H and O–H groups in total. The molecular weight excluding hydrogens is 226 g/mol. The van der Waals surface area contributed by atoms with Gasteiger partial charge in [0.15, 0.2) is 0 Å². The first-order valence-corrected chi connectivity index (χ1v) is 6.66. The molecule has 0 aliphatic carbocycles. The van der Waals surface area contributed by atoms with Crippen LogP contribution in [0.5, 0.6) is 0 Å². The van der Waals surface area contributed by atoms with E-state index in [1.165, 1.54) is 5.56 Å². The standard InChI is InChI=1S/C10H13N3S2/c1-3-11-7(2)9-12-13-10(15-9)8-4-5-14-6-8/h4-7,11H,3H2,1-2H3. The Balaban J connectivity index is 2.17. The van der Waals surface area contributed by atoms with Gasteiger partial charge in [0.05, 0.1) is 6.04 Å². The van der Waals surface area contributed by atoms with E-state index in [0.29, 0.717) is 6.04 Å². The van der Waals surface area contributed by atoms with Crippen LogP contribution in [-0.4, -0.2) is 16.7 Å². The van der Waals surface area contributed by atoms with Crippen LogP contribution in [0.1, 0.15) is 24.9 Å². The Morgan fingerprint density at radius 3 is 3.00 bits per heavy atom. The molecule has 15 heavy (non-hydrogen) atoms. The van der Waals surface area contributed by atoms with E-state index in [9.17, 15) is 0 Å². The molecule has 0 fully saturated rings. The number of aromatic nitrogens is 2. The fourth-order valence-corrected chi connectivity index (χ4v) is 2.89. The highest BCUT2D eigenvalue weighted by molar-refractivity contribution is 7.15. The molecule has 0 spiro atoms. The molecule has 0 radical (unpaired) electrons. The van der Waals surface area contributed by atoms with Crippen LogP contribution in [0.2, 0.25) is 0 Å². The van der Waals surface area contributed by atoms with Crippen LogP contribution in [0.25, 0.3) is 10.6 Å². The predicted molar refractivity (Wildman–Crippen MR) is 65.3 cm³/mol. The lowest BCUT2D eigenvalue weighted by atomic mass is 10.3. The highest BCUT2D eigenvalue weighted by Gasteiger charge is 2.11. The first-order valence-electron chi connectivity index (χ1n) is 4.90. The summed E-state index contributed by atoms with van der Waals surface area (Å²) >= 11 is 3.35. The number of hydrogen-bond acceptors (Lipinski definition) is 5. The van der Waals surface area contributed by atoms with Crippen molar-refractivity contribution in [3.05, 3.63) is 21.8 Å². The highest BCUT2D eigenvalue weighted by atomic mass is 32.1. The predicted octanol–water partition coefficient (Wildman–Crippen LogP) is 2.94. The summed E-state index contributed by atoms with van der Waals surface area (Å²) in [6, 6.07) is 2.37. The van der Waals surface area contributed by atoms with Crippen molar-refractivity contribution in [3.63, 3.8) is 0 Å². The van der Waals surface area contributed by atoms with E-state index < -0.39 is 0 Å². The van der Waals surface area contributed by atoms with Gasteiger partial charge < -0.3 is 5.32 Å². The van der Waals surface area contributed by atoms with Crippen molar-refractivity contribution in [3.8, 4) is 10.6 Å². The van der Waals surface area contributed by atoms with Gasteiger partial charge >= 0.3 is 0 Å². The van der Waals surface area contributed by atoms with Crippen molar-refractivity contribution in [2.24, 2.45) is 0 Å². The average Bonchev–Trinajstić information content (AvgIpc) is 2.89. The van der Waals surface area contributed by atoms with Crippen molar-refractivity contribution in [1.82, 2.24) is 15.5 Å². The first-order chi connectivity index (χ1) is 7.31. The van der Waals surface area contributed by atoms with Crippen LogP contribution < -0.4 is 5.32 Å². The average molecular weight is 239 g/mol. The smallest absolute Gasteiger partial charge is 0.148 e. The number of thiophene rings is 1. The molecule has 0 saturated carbocycles. The molecule has 1 unspecified atom stereocenters. The maximum absolute atomic E-state index is 4.20. The van der Waals surface area contributed by atoms with Gasteiger partial charge in [0.1, 0.15) is 10.0 Å². The Bertz CT molecular complexity index is 408. The minimum atomic E-state index is 0.292. The Kier molecular flexibility index (Phi) is 3.45. The maximum Gasteiger partial charge on any atom is 0.148 e. The molecular formula is C10H13N3S2. The van der Waals surface area contributed by atoms with Crippen LogP contribution in [-0.2, 0) is 0 Å². The lowest BCUT2D eigenvalue weighted by Gasteiger charge is -2.06. The molecule has 1 atom stereocenters. The number of rotatable bonds is 4. The molecule has 2 aromatic rings. The monoisotopic (exact) mass is 239 g/mol. The minimum Gasteiger partial charge on any atom is -0.308 e. The Morgan fingerprint density at radius 2 is 2.33 bits per heavy atom. The SMILES string of the molecule is CCNC(C)c1nnc(-c2ccsc2)s1. The summed E-state index contributed by atoms with van der Waals surface area (Å²) in [7, 11) is 0. The van der Waals surface area contributed by atoms with Crippen molar-refractivity contribution in [2.45, 2.75) is 19.9 Å². The molecule has 0 aromatic carbocycles. The van der Waals surface area contributed by atoms with Crippen molar-refractivity contribution in [2.75, 3.05) is 6.54 Å². The molecule has 2 aromatic heterocycles. The summed E-state index contributed by atoms with van der Waals surface area (Å²) in [5, 5.41) is 18.0. The number of nitrogens with one attached hydrogen (secondary N) is 1. The third-order valence-corrected chi connectivity index (χ3v) is 3.93. The summed E-state index contributed by atoms with van der Waals surface area (Å²) in [6.07, 6.45) is 0. The van der Waals surface area contributed by atoms with Crippen LogP contribution in [0.15, 0.2) is 16.8 Å². The second-order valence-electron chi connectivity index (χ2n) is 3.24. The number of nitrogens with zero attached hydrogens (tertiary/aromatic N) is 2. The van der Waals surface area contributed by atoms with E-state index in [1.807, 2.05) is 0 Å². The summed E-state index contributed by atoms with van der Waals surface area (Å²) in [4.78, 5) is 0. The van der Waals surface area contributed by atoms with Gasteiger partial charge in [0, 0.05) is 10.9 Å². The van der Waals surface area contributed by atoms with Crippen molar-refractivity contribution < 1.29 is 0 Å². The molecule has 2 heterocycles. The first kappa shape index (κ1) is 10.7. The van der Waals surface area contributed by atoms with E-state index in [1.54, 1.807) is 22.7 Å². The van der Waals surface area contributed by atoms with Gasteiger partial charge in [-0.3, -0.25) is 0 Å². The van der Waals surface area contributed by atoms with Gasteiger partial charge in [0.2, 0.25) is 0 Å². The molecule has 0 aliphatic rings. The fraction of sp³-hybridized carbons (Fsp3) is 0.400. The fourth-order valence-electron chi connectivity index (χ4n) is 1.31. The zero-order valence-electron chi connectivity index (χ0n) is 8.73. The van der Waals surface area contributed by atoms with E-state index in [2.05, 4.69) is 46.2 Å². The van der Waals surface area contributed by atoms with Gasteiger partial charge in [-0.15, -0.1) is 10.2 Å². The molecule has 0 bridgehead atoms. The number of hydrogen-bond donors (Lipinski definition) is 1. The van der Waals surface area contributed by atoms with Crippen LogP contribution >= 0.6 is 22.7 Å². The minimum absolute atomic E-state index is 0.292. The highest BCUT2D eigenvalue weighted by Crippen LogP contribution is 2.27. The van der Waals surface area contributed by atoms with Gasteiger partial charge in [0.25, 0.3) is 0 Å². The van der Waals surface area contributed by atoms with E-state index in [0.717, 1.165) is 16.6 Å². The second kappa shape index (κ2) is 4.83. The Hall–Kier alpha value is -0.780. The summed E-state index contributed by atoms with van der Waals surface area (Å²) in [5.41, 5.74) is 1.17. The van der Waals surface area contributed by atoms with E-state index >= 15 is 0 Å². The Morgan fingerprint density at radius 1 is 1.47 bits per heavy atom. The van der Waals surface area contributed by atoms with Crippen LogP contribution in [0.3, 0.4) is 0 Å². The van der Waals surface area contributed by atoms with Gasteiger partial charge in [-0.2, -0.15) is 11.3 Å². The molecule has 0 aliphatic heterocycles. The lowest BCUT2D eigenvalue weighted by Crippen LogP contribution is -2.17. The second-order valence-corrected chi connectivity index (χ2v) is 5.03. The lowest BCUT2D eigenvalue weighted by molar-refractivity contribution is 0.590. The molecule has 3 nitrogen and oxygen atoms in total. The molecule has 0 amide bonds. The molecule has 0 saturated heterocycles. The normalized spacial score (nSPS) is 12.9.